The second-order valence-corrected chi connectivity index (χ2v) is 11.9. The number of hydrogen-bond donors (Lipinski definition) is 1. The summed E-state index contributed by atoms with van der Waals surface area (Å²) in [6.07, 6.45) is 16.1. The number of benzene rings is 1. The summed E-state index contributed by atoms with van der Waals surface area (Å²) in [5.41, 5.74) is 1.79. The van der Waals surface area contributed by atoms with E-state index in [0.717, 1.165) is 33.7 Å². The molecule has 4 saturated carbocycles. The van der Waals surface area contributed by atoms with Crippen LogP contribution in [0.15, 0.2) is 27.7 Å². The van der Waals surface area contributed by atoms with E-state index in [1.54, 1.807) is 6.07 Å². The molecule has 1 aromatic rings. The van der Waals surface area contributed by atoms with Crippen molar-refractivity contribution >= 4 is 22.1 Å². The van der Waals surface area contributed by atoms with Crippen LogP contribution >= 0.6 is 15.9 Å². The lowest BCUT2D eigenvalue weighted by Crippen LogP contribution is -2.53. The maximum atomic E-state index is 10.2. The van der Waals surface area contributed by atoms with Gasteiger partial charge in [0.05, 0.1) is 6.04 Å². The van der Waals surface area contributed by atoms with Gasteiger partial charge in [-0.25, -0.2) is 0 Å². The summed E-state index contributed by atoms with van der Waals surface area (Å²) in [5.74, 6) is 4.05. The largest absolute Gasteiger partial charge is 0.507 e. The Hall–Kier alpha value is -0.830. The molecule has 0 saturated heterocycles. The fourth-order valence-electron chi connectivity index (χ4n) is 8.31. The van der Waals surface area contributed by atoms with Crippen LogP contribution in [0.5, 0.6) is 5.75 Å². The van der Waals surface area contributed by atoms with Gasteiger partial charge in [0.1, 0.15) is 5.75 Å². The second-order valence-electron chi connectivity index (χ2n) is 11.0. The van der Waals surface area contributed by atoms with E-state index in [2.05, 4.69) is 29.8 Å². The molecule has 7 atom stereocenters. The molecule has 1 N–H and O–H groups in total. The standard InChI is InChI=1S/C26H36BrNO/c1-25-13-4-3-5-18(25)6-8-20-21-9-11-24(26(21,2)14-12-22(20)25)28-16-17-15-19(27)7-10-23(17)29/h7,10,15-16,18,20-22,24,29H,3-6,8-9,11-14H2,1-2H3/t18-,20-,21-,22-,24-,25-,26-/m0/s1. The van der Waals surface area contributed by atoms with Crippen molar-refractivity contribution in [2.75, 3.05) is 0 Å². The van der Waals surface area contributed by atoms with Crippen molar-refractivity contribution in [1.82, 2.24) is 0 Å². The number of fused-ring (bicyclic) bond motifs is 5. The number of aromatic hydroxyl groups is 1. The lowest BCUT2D eigenvalue weighted by molar-refractivity contribution is -0.105. The number of phenolic OH excluding ortho intramolecular Hbond substituents is 1. The third kappa shape index (κ3) is 3.22. The highest BCUT2D eigenvalue weighted by Crippen LogP contribution is 2.66. The average molecular weight is 458 g/mol. The summed E-state index contributed by atoms with van der Waals surface area (Å²) in [6, 6.07) is 6.00. The van der Waals surface area contributed by atoms with Gasteiger partial charge in [-0.15, -0.1) is 0 Å². The summed E-state index contributed by atoms with van der Waals surface area (Å²) < 4.78 is 0.991. The molecule has 29 heavy (non-hydrogen) atoms. The van der Waals surface area contributed by atoms with E-state index in [1.807, 2.05) is 18.3 Å². The molecule has 4 fully saturated rings. The molecular weight excluding hydrogens is 422 g/mol. The molecule has 0 spiro atoms. The highest BCUT2D eigenvalue weighted by molar-refractivity contribution is 9.10. The van der Waals surface area contributed by atoms with Gasteiger partial charge in [0, 0.05) is 16.3 Å². The van der Waals surface area contributed by atoms with Crippen molar-refractivity contribution in [2.45, 2.75) is 84.1 Å². The van der Waals surface area contributed by atoms with E-state index in [-0.39, 0.29) is 0 Å². The summed E-state index contributed by atoms with van der Waals surface area (Å²) in [6.45, 7) is 5.20. The molecule has 2 nitrogen and oxygen atoms in total. The van der Waals surface area contributed by atoms with Gasteiger partial charge >= 0.3 is 0 Å². The molecule has 4 aliphatic rings. The first-order valence-corrected chi connectivity index (χ1v) is 12.7. The monoisotopic (exact) mass is 457 g/mol. The topological polar surface area (TPSA) is 32.6 Å². The van der Waals surface area contributed by atoms with Crippen molar-refractivity contribution < 1.29 is 5.11 Å². The zero-order valence-corrected chi connectivity index (χ0v) is 19.6. The number of nitrogens with zero attached hydrogens (tertiary/aromatic N) is 1. The van der Waals surface area contributed by atoms with Crippen LogP contribution in [0.25, 0.3) is 0 Å². The molecule has 5 rings (SSSR count). The lowest BCUT2D eigenvalue weighted by Gasteiger charge is -2.60. The lowest BCUT2D eigenvalue weighted by atomic mass is 9.45. The Morgan fingerprint density at radius 3 is 2.66 bits per heavy atom. The van der Waals surface area contributed by atoms with Crippen LogP contribution in [0.4, 0.5) is 0 Å². The highest BCUT2D eigenvalue weighted by Gasteiger charge is 2.59. The third-order valence-corrected chi connectivity index (χ3v) is 10.4. The Morgan fingerprint density at radius 1 is 0.966 bits per heavy atom. The molecule has 0 heterocycles. The first kappa shape index (κ1) is 20.1. The van der Waals surface area contributed by atoms with Crippen LogP contribution in [0, 0.1) is 34.5 Å². The van der Waals surface area contributed by atoms with Crippen LogP contribution < -0.4 is 0 Å². The Balaban J connectivity index is 1.37. The van der Waals surface area contributed by atoms with Crippen molar-refractivity contribution in [1.29, 1.82) is 0 Å². The predicted octanol–water partition coefficient (Wildman–Crippen LogP) is 7.38. The third-order valence-electron chi connectivity index (χ3n) is 9.92. The van der Waals surface area contributed by atoms with Gasteiger partial charge < -0.3 is 5.11 Å². The van der Waals surface area contributed by atoms with Crippen LogP contribution in [-0.4, -0.2) is 17.4 Å². The van der Waals surface area contributed by atoms with Gasteiger partial charge in [0.15, 0.2) is 0 Å². The molecule has 158 valence electrons. The van der Waals surface area contributed by atoms with Gasteiger partial charge in [-0.05, 0) is 104 Å². The number of hydrogen-bond acceptors (Lipinski definition) is 2. The number of phenols is 1. The van der Waals surface area contributed by atoms with Crippen molar-refractivity contribution in [2.24, 2.45) is 39.5 Å². The fourth-order valence-corrected chi connectivity index (χ4v) is 8.69. The van der Waals surface area contributed by atoms with E-state index in [9.17, 15) is 5.11 Å². The van der Waals surface area contributed by atoms with Gasteiger partial charge in [-0.1, -0.05) is 42.6 Å². The summed E-state index contributed by atoms with van der Waals surface area (Å²) >= 11 is 3.51. The zero-order chi connectivity index (χ0) is 20.2. The van der Waals surface area contributed by atoms with E-state index < -0.39 is 0 Å². The Kier molecular flexibility index (Phi) is 5.12. The van der Waals surface area contributed by atoms with E-state index in [0.29, 0.717) is 22.6 Å². The highest BCUT2D eigenvalue weighted by atomic mass is 79.9. The van der Waals surface area contributed by atoms with Gasteiger partial charge in [-0.3, -0.25) is 4.99 Å². The SMILES string of the molecule is C[C@]12CCCC[C@H]1CC[C@@H]1[C@@H]2CC[C@]2(C)[C@@H](N=Cc3cc(Br)ccc3O)CC[C@@H]12. The van der Waals surface area contributed by atoms with Crippen molar-refractivity contribution in [3.8, 4) is 5.75 Å². The minimum absolute atomic E-state index is 0.323. The van der Waals surface area contributed by atoms with Gasteiger partial charge in [0.25, 0.3) is 0 Å². The maximum absolute atomic E-state index is 10.2. The summed E-state index contributed by atoms with van der Waals surface area (Å²) in [5, 5.41) is 10.2. The number of aliphatic imine (C=N–C) groups is 1. The average Bonchev–Trinajstić information content (AvgIpc) is 3.04. The molecule has 0 radical (unpaired) electrons. The normalized spacial score (nSPS) is 44.3. The zero-order valence-electron chi connectivity index (χ0n) is 18.0. The van der Waals surface area contributed by atoms with Gasteiger partial charge in [0.2, 0.25) is 0 Å². The fraction of sp³-hybridized carbons (Fsp3) is 0.731. The molecule has 0 amide bonds. The van der Waals surface area contributed by atoms with E-state index in [4.69, 9.17) is 4.99 Å². The first-order chi connectivity index (χ1) is 13.9. The minimum atomic E-state index is 0.323. The van der Waals surface area contributed by atoms with Crippen molar-refractivity contribution in [3.63, 3.8) is 0 Å². The van der Waals surface area contributed by atoms with E-state index in [1.165, 1.54) is 64.2 Å². The smallest absolute Gasteiger partial charge is 0.124 e. The molecular formula is C26H36BrNO. The van der Waals surface area contributed by atoms with Crippen LogP contribution in [0.1, 0.15) is 83.6 Å². The molecule has 0 aliphatic heterocycles. The Morgan fingerprint density at radius 2 is 1.79 bits per heavy atom. The minimum Gasteiger partial charge on any atom is -0.507 e. The van der Waals surface area contributed by atoms with Crippen LogP contribution in [-0.2, 0) is 0 Å². The van der Waals surface area contributed by atoms with Crippen LogP contribution in [0.2, 0.25) is 0 Å². The molecule has 0 bridgehead atoms. The number of halogens is 1. The molecule has 3 heteroatoms. The maximum Gasteiger partial charge on any atom is 0.124 e. The van der Waals surface area contributed by atoms with Crippen LogP contribution in [0.3, 0.4) is 0 Å². The first-order valence-electron chi connectivity index (χ1n) is 11.9. The molecule has 0 aromatic heterocycles. The molecule has 4 aliphatic carbocycles. The summed E-state index contributed by atoms with van der Waals surface area (Å²) in [4.78, 5) is 5.08. The Labute approximate surface area is 184 Å². The number of rotatable bonds is 2. The quantitative estimate of drug-likeness (QED) is 0.461. The Bertz CT molecular complexity index is 806. The predicted molar refractivity (Wildman–Crippen MR) is 124 cm³/mol. The van der Waals surface area contributed by atoms with E-state index >= 15 is 0 Å². The molecule has 1 aromatic carbocycles. The van der Waals surface area contributed by atoms with Gasteiger partial charge in [-0.2, -0.15) is 0 Å². The summed E-state index contributed by atoms with van der Waals surface area (Å²) in [7, 11) is 0. The molecule has 0 unspecified atom stereocenters. The van der Waals surface area contributed by atoms with Crippen molar-refractivity contribution in [3.05, 3.63) is 28.2 Å². The second kappa shape index (κ2) is 7.39.